The van der Waals surface area contributed by atoms with Crippen LogP contribution in [0.4, 0.5) is 20.2 Å². The smallest absolute Gasteiger partial charge is 0.288 e. The lowest BCUT2D eigenvalue weighted by Gasteiger charge is -2.19. The molecule has 1 saturated carbocycles. The van der Waals surface area contributed by atoms with E-state index in [-0.39, 0.29) is 30.5 Å². The number of carbonyl (C=O) groups is 1. The summed E-state index contributed by atoms with van der Waals surface area (Å²) < 4.78 is 55.3. The van der Waals surface area contributed by atoms with Gasteiger partial charge >= 0.3 is 0 Å². The Balaban J connectivity index is 2.02. The quantitative estimate of drug-likeness (QED) is 0.488. The maximum absolute atomic E-state index is 14.8. The second-order valence-corrected chi connectivity index (χ2v) is 11.0. The van der Waals surface area contributed by atoms with Crippen LogP contribution in [0.25, 0.3) is 0 Å². The molecule has 11 heteroatoms. The molecular formula is C19H19F2IN2O5S. The molecule has 0 atom stereocenters. The largest absolute Gasteiger partial charge is 0.389 e. The summed E-state index contributed by atoms with van der Waals surface area (Å²) in [4.78, 5) is 23.7. The van der Waals surface area contributed by atoms with Crippen molar-refractivity contribution in [1.82, 2.24) is 4.57 Å². The van der Waals surface area contributed by atoms with E-state index in [2.05, 4.69) is 5.32 Å². The number of hydrogen-bond donors (Lipinski definition) is 2. The Morgan fingerprint density at radius 2 is 2.00 bits per heavy atom. The van der Waals surface area contributed by atoms with Gasteiger partial charge in [-0.05, 0) is 53.6 Å². The first-order chi connectivity index (χ1) is 14.0. The number of aromatic nitrogens is 1. The number of benzene rings is 1. The van der Waals surface area contributed by atoms with Gasteiger partial charge in [0.1, 0.15) is 12.4 Å². The summed E-state index contributed by atoms with van der Waals surface area (Å²) in [5.74, 6) is -3.17. The minimum atomic E-state index is -3.93. The van der Waals surface area contributed by atoms with Gasteiger partial charge in [-0.3, -0.25) is 9.59 Å². The SMILES string of the molecule is Cn1cc(CS(=O)(=O)C2(CC(=O)CO)CC2)c(Nc2ccc(I)cc2F)c(F)c1=O. The van der Waals surface area contributed by atoms with Gasteiger partial charge in [-0.1, -0.05) is 0 Å². The van der Waals surface area contributed by atoms with Crippen molar-refractivity contribution >= 4 is 49.6 Å². The van der Waals surface area contributed by atoms with Gasteiger partial charge in [-0.2, -0.15) is 4.39 Å². The number of nitrogens with one attached hydrogen (secondary N) is 1. The number of aryl methyl sites for hydroxylation is 1. The van der Waals surface area contributed by atoms with E-state index in [1.165, 1.54) is 25.4 Å². The molecule has 1 aromatic heterocycles. The summed E-state index contributed by atoms with van der Waals surface area (Å²) in [6, 6.07) is 4.13. The van der Waals surface area contributed by atoms with Crippen LogP contribution in [0.2, 0.25) is 0 Å². The minimum Gasteiger partial charge on any atom is -0.389 e. The molecule has 0 radical (unpaired) electrons. The highest BCUT2D eigenvalue weighted by Crippen LogP contribution is 2.48. The predicted molar refractivity (Wildman–Crippen MR) is 115 cm³/mol. The number of ketones is 1. The summed E-state index contributed by atoms with van der Waals surface area (Å²) in [7, 11) is -2.66. The van der Waals surface area contributed by atoms with E-state index in [4.69, 9.17) is 5.11 Å². The molecule has 1 fully saturated rings. The third-order valence-corrected chi connectivity index (χ3v) is 8.33. The van der Waals surface area contributed by atoms with Gasteiger partial charge < -0.3 is 15.0 Å². The number of rotatable bonds is 8. The topological polar surface area (TPSA) is 105 Å². The minimum absolute atomic E-state index is 0.0599. The number of sulfone groups is 1. The first kappa shape index (κ1) is 22.8. The number of anilines is 2. The molecule has 1 heterocycles. The molecule has 2 N–H and O–H groups in total. The third-order valence-electron chi connectivity index (χ3n) is 5.10. The molecule has 0 bridgehead atoms. The van der Waals surface area contributed by atoms with Gasteiger partial charge in [0.2, 0.25) is 5.82 Å². The summed E-state index contributed by atoms with van der Waals surface area (Å²) >= 11 is 1.90. The highest BCUT2D eigenvalue weighted by molar-refractivity contribution is 14.1. The maximum Gasteiger partial charge on any atom is 0.288 e. The molecule has 0 amide bonds. The summed E-state index contributed by atoms with van der Waals surface area (Å²) in [5, 5.41) is 11.5. The first-order valence-electron chi connectivity index (χ1n) is 8.94. The van der Waals surface area contributed by atoms with E-state index in [1.54, 1.807) is 6.07 Å². The van der Waals surface area contributed by atoms with E-state index in [1.807, 2.05) is 22.6 Å². The van der Waals surface area contributed by atoms with Crippen LogP contribution in [0, 0.1) is 15.2 Å². The molecule has 0 saturated heterocycles. The summed E-state index contributed by atoms with van der Waals surface area (Å²) in [6.45, 7) is -0.759. The zero-order valence-electron chi connectivity index (χ0n) is 15.9. The van der Waals surface area contributed by atoms with Crippen LogP contribution in [0.1, 0.15) is 24.8 Å². The van der Waals surface area contributed by atoms with Crippen molar-refractivity contribution in [3.8, 4) is 0 Å². The van der Waals surface area contributed by atoms with Crippen molar-refractivity contribution in [2.45, 2.75) is 29.8 Å². The van der Waals surface area contributed by atoms with Crippen LogP contribution in [0.15, 0.2) is 29.2 Å². The molecular weight excluding hydrogens is 533 g/mol. The molecule has 0 spiro atoms. The van der Waals surface area contributed by atoms with Crippen LogP contribution in [-0.2, 0) is 27.4 Å². The number of pyridine rings is 1. The van der Waals surface area contributed by atoms with E-state index in [0.717, 1.165) is 4.57 Å². The molecule has 0 unspecified atom stereocenters. The van der Waals surface area contributed by atoms with Gasteiger partial charge in [0, 0.05) is 28.8 Å². The van der Waals surface area contributed by atoms with Crippen LogP contribution >= 0.6 is 22.6 Å². The van der Waals surface area contributed by atoms with Crippen LogP contribution in [0.5, 0.6) is 0 Å². The molecule has 1 aliphatic carbocycles. The number of nitrogens with zero attached hydrogens (tertiary/aromatic N) is 1. The third kappa shape index (κ3) is 4.42. The van der Waals surface area contributed by atoms with Crippen LogP contribution in [-0.4, -0.2) is 35.2 Å². The molecule has 3 rings (SSSR count). The Morgan fingerprint density at radius 3 is 2.57 bits per heavy atom. The van der Waals surface area contributed by atoms with Crippen molar-refractivity contribution in [2.24, 2.45) is 7.05 Å². The number of halogens is 3. The number of aliphatic hydroxyl groups excluding tert-OH is 1. The molecule has 162 valence electrons. The second kappa shape index (κ2) is 8.35. The second-order valence-electron chi connectivity index (χ2n) is 7.32. The predicted octanol–water partition coefficient (Wildman–Crippen LogP) is 2.41. The first-order valence-corrected chi connectivity index (χ1v) is 11.7. The van der Waals surface area contributed by atoms with E-state index < -0.39 is 55.6 Å². The monoisotopic (exact) mass is 552 g/mol. The zero-order valence-corrected chi connectivity index (χ0v) is 18.9. The fourth-order valence-corrected chi connectivity index (χ4v) is 5.73. The Kier molecular flexibility index (Phi) is 6.35. The molecule has 30 heavy (non-hydrogen) atoms. The Morgan fingerprint density at radius 1 is 1.33 bits per heavy atom. The normalized spacial score (nSPS) is 15.1. The van der Waals surface area contributed by atoms with Gasteiger partial charge in [-0.15, -0.1) is 0 Å². The molecule has 1 aromatic carbocycles. The van der Waals surface area contributed by atoms with Crippen molar-refractivity contribution < 1.29 is 27.1 Å². The number of aliphatic hydroxyl groups is 1. The van der Waals surface area contributed by atoms with Gasteiger partial charge in [0.25, 0.3) is 5.56 Å². The fraction of sp³-hybridized carbons (Fsp3) is 0.368. The van der Waals surface area contributed by atoms with E-state index in [0.29, 0.717) is 3.57 Å². The average molecular weight is 552 g/mol. The standard InChI is InChI=1S/C19H19F2IN2O5S/c1-24-8-11(10-30(28,29)19(4-5-19)7-13(26)9-25)17(16(21)18(24)27)23-15-3-2-12(22)6-14(15)20/h2-3,6,8,23,25H,4-5,7,9-10H2,1H3. The average Bonchev–Trinajstić information content (AvgIpc) is 3.45. The fourth-order valence-electron chi connectivity index (χ4n) is 3.24. The van der Waals surface area contributed by atoms with E-state index in [9.17, 15) is 26.8 Å². The van der Waals surface area contributed by atoms with Crippen LogP contribution < -0.4 is 10.9 Å². The van der Waals surface area contributed by atoms with Crippen molar-refractivity contribution in [2.75, 3.05) is 11.9 Å². The number of Topliss-reactive ketones (excluding diaryl/α,β-unsaturated/α-hetero) is 1. The highest BCUT2D eigenvalue weighted by Gasteiger charge is 2.55. The molecule has 0 aliphatic heterocycles. The van der Waals surface area contributed by atoms with Gasteiger partial charge in [0.15, 0.2) is 15.6 Å². The Hall–Kier alpha value is -1.86. The Labute approximate surface area is 185 Å². The lowest BCUT2D eigenvalue weighted by atomic mass is 10.2. The lowest BCUT2D eigenvalue weighted by Crippen LogP contribution is -2.30. The van der Waals surface area contributed by atoms with Crippen molar-refractivity contribution in [3.63, 3.8) is 0 Å². The maximum atomic E-state index is 14.8. The lowest BCUT2D eigenvalue weighted by molar-refractivity contribution is -0.121. The number of hydrogen-bond acceptors (Lipinski definition) is 6. The van der Waals surface area contributed by atoms with Crippen molar-refractivity contribution in [1.29, 1.82) is 0 Å². The van der Waals surface area contributed by atoms with Crippen LogP contribution in [0.3, 0.4) is 0 Å². The summed E-state index contributed by atoms with van der Waals surface area (Å²) in [6.07, 6.45) is 1.36. The molecule has 7 nitrogen and oxygen atoms in total. The highest BCUT2D eigenvalue weighted by atomic mass is 127. The number of carbonyl (C=O) groups excluding carboxylic acids is 1. The molecule has 1 aliphatic rings. The van der Waals surface area contributed by atoms with Gasteiger partial charge in [-0.25, -0.2) is 12.8 Å². The van der Waals surface area contributed by atoms with E-state index >= 15 is 0 Å². The molecule has 2 aromatic rings. The summed E-state index contributed by atoms with van der Waals surface area (Å²) in [5.41, 5.74) is -1.60. The van der Waals surface area contributed by atoms with Gasteiger partial charge in [0.05, 0.1) is 21.9 Å². The van der Waals surface area contributed by atoms with Crippen molar-refractivity contribution in [3.05, 3.63) is 55.5 Å². The zero-order chi connectivity index (χ0) is 22.3. The Bertz CT molecular complexity index is 1180.